The summed E-state index contributed by atoms with van der Waals surface area (Å²) in [4.78, 5) is 19.9. The first-order valence-corrected chi connectivity index (χ1v) is 11.9. The van der Waals surface area contributed by atoms with E-state index in [1.54, 1.807) is 41.2 Å². The molecule has 0 radical (unpaired) electrons. The number of hydrogen-bond acceptors (Lipinski definition) is 11. The molecule has 1 aromatic rings. The molecule has 0 aliphatic heterocycles. The van der Waals surface area contributed by atoms with E-state index in [9.17, 15) is 4.79 Å². The lowest BCUT2D eigenvalue weighted by molar-refractivity contribution is -0.122. The molecular formula is C21H33IO11S. The van der Waals surface area contributed by atoms with Crippen molar-refractivity contribution in [3.63, 3.8) is 0 Å². The van der Waals surface area contributed by atoms with Gasteiger partial charge in [-0.25, -0.2) is 7.31 Å². The molecule has 11 nitrogen and oxygen atoms in total. The van der Waals surface area contributed by atoms with Gasteiger partial charge in [0.25, 0.3) is 6.47 Å². The van der Waals surface area contributed by atoms with Crippen LogP contribution in [0.25, 0.3) is 0 Å². The van der Waals surface area contributed by atoms with Gasteiger partial charge in [-0.15, -0.1) is 0 Å². The van der Waals surface area contributed by atoms with Crippen LogP contribution in [0.15, 0.2) is 18.2 Å². The predicted octanol–water partition coefficient (Wildman–Crippen LogP) is 3.26. The zero-order valence-electron chi connectivity index (χ0n) is 19.4. The predicted molar refractivity (Wildman–Crippen MR) is 133 cm³/mol. The van der Waals surface area contributed by atoms with Gasteiger partial charge >= 0.3 is 5.97 Å². The molecule has 34 heavy (non-hydrogen) atoms. The summed E-state index contributed by atoms with van der Waals surface area (Å²) in [6, 6.07) is 5.23. The summed E-state index contributed by atoms with van der Waals surface area (Å²) in [6.07, 6.45) is 0.808. The van der Waals surface area contributed by atoms with Gasteiger partial charge < -0.3 is 33.5 Å². The second-order valence-electron chi connectivity index (χ2n) is 6.18. The molecule has 1 N–H and O–H groups in total. The Kier molecular flexibility index (Phi) is 24.0. The highest BCUT2D eigenvalue weighted by Crippen LogP contribution is 2.18. The van der Waals surface area contributed by atoms with E-state index in [1.165, 1.54) is 7.11 Å². The van der Waals surface area contributed by atoms with Crippen molar-refractivity contribution in [2.45, 2.75) is 13.3 Å². The van der Waals surface area contributed by atoms with Gasteiger partial charge in [0.15, 0.2) is 12.3 Å². The van der Waals surface area contributed by atoms with Crippen LogP contribution in [0.5, 0.6) is 5.75 Å². The highest BCUT2D eigenvalue weighted by atomic mass is 127. The van der Waals surface area contributed by atoms with E-state index in [4.69, 9.17) is 42.5 Å². The van der Waals surface area contributed by atoms with Gasteiger partial charge in [0.2, 0.25) is 0 Å². The summed E-state index contributed by atoms with van der Waals surface area (Å²) < 4.78 is 41.8. The molecule has 0 aliphatic carbocycles. The molecule has 0 aliphatic rings. The third kappa shape index (κ3) is 19.1. The number of carboxylic acid groups (broad SMARTS) is 1. The molecule has 13 heteroatoms. The molecule has 0 spiro atoms. The van der Waals surface area contributed by atoms with Crippen LogP contribution >= 0.6 is 35.3 Å². The first-order chi connectivity index (χ1) is 16.6. The number of carbonyl (C=O) groups is 2. The normalized spacial score (nSPS) is 10.3. The van der Waals surface area contributed by atoms with Crippen molar-refractivity contribution < 1.29 is 49.8 Å². The van der Waals surface area contributed by atoms with Crippen molar-refractivity contribution in [2.75, 3.05) is 73.2 Å². The summed E-state index contributed by atoms with van der Waals surface area (Å²) in [5.41, 5.74) is 1.33. The van der Waals surface area contributed by atoms with Crippen LogP contribution in [0.2, 0.25) is 0 Å². The SMILES string of the molecule is COC(=O)c1ccc(OCCOCCOCCOCCOCCCOSOI)cc1C.O=CO. The summed E-state index contributed by atoms with van der Waals surface area (Å²) in [5, 5.41) is 6.89. The van der Waals surface area contributed by atoms with Crippen LogP contribution in [0.4, 0.5) is 0 Å². The quantitative estimate of drug-likeness (QED) is 0.0756. The summed E-state index contributed by atoms with van der Waals surface area (Å²) in [5.74, 6) is 0.328. The van der Waals surface area contributed by atoms with Gasteiger partial charge in [-0.05, 0) is 37.1 Å². The topological polar surface area (TPSA) is 128 Å². The minimum absolute atomic E-state index is 0.250. The van der Waals surface area contributed by atoms with Gasteiger partial charge in [0, 0.05) is 6.61 Å². The number of aryl methyl sites for hydroxylation is 1. The molecule has 0 bridgehead atoms. The average molecular weight is 620 g/mol. The van der Waals surface area contributed by atoms with E-state index in [0.29, 0.717) is 77.4 Å². The van der Waals surface area contributed by atoms with Gasteiger partial charge in [-0.1, -0.05) is 0 Å². The Labute approximate surface area is 218 Å². The van der Waals surface area contributed by atoms with Crippen molar-refractivity contribution in [1.29, 1.82) is 0 Å². The number of ether oxygens (including phenoxy) is 6. The van der Waals surface area contributed by atoms with Crippen molar-refractivity contribution in [1.82, 2.24) is 0 Å². The zero-order chi connectivity index (χ0) is 25.3. The Morgan fingerprint density at radius 3 is 1.97 bits per heavy atom. The molecule has 0 fully saturated rings. The number of carbonyl (C=O) groups excluding carboxylic acids is 1. The van der Waals surface area contributed by atoms with Crippen LogP contribution in [0.3, 0.4) is 0 Å². The summed E-state index contributed by atoms with van der Waals surface area (Å²) in [7, 11) is 1.36. The molecule has 0 atom stereocenters. The average Bonchev–Trinajstić information content (AvgIpc) is 2.83. The fourth-order valence-electron chi connectivity index (χ4n) is 2.32. The molecule has 196 valence electrons. The van der Waals surface area contributed by atoms with Gasteiger partial charge in [0.05, 0.1) is 65.5 Å². The maximum Gasteiger partial charge on any atom is 0.338 e. The Hall–Kier alpha value is -1.20. The van der Waals surface area contributed by atoms with E-state index in [-0.39, 0.29) is 12.4 Å². The monoisotopic (exact) mass is 620 g/mol. The third-order valence-corrected chi connectivity index (χ3v) is 4.56. The van der Waals surface area contributed by atoms with Crippen molar-refractivity contribution in [2.24, 2.45) is 0 Å². The zero-order valence-corrected chi connectivity index (χ0v) is 22.4. The first kappa shape index (κ1) is 32.8. The lowest BCUT2D eigenvalue weighted by Gasteiger charge is -2.10. The minimum atomic E-state index is -0.356. The highest BCUT2D eigenvalue weighted by molar-refractivity contribution is 14.1. The first-order valence-electron chi connectivity index (χ1n) is 10.4. The van der Waals surface area contributed by atoms with E-state index in [2.05, 4.69) is 2.51 Å². The number of halogens is 1. The lowest BCUT2D eigenvalue weighted by Crippen LogP contribution is -2.14. The maximum atomic E-state index is 11.6. The van der Waals surface area contributed by atoms with E-state index >= 15 is 0 Å². The molecule has 0 heterocycles. The van der Waals surface area contributed by atoms with Crippen LogP contribution in [0, 0.1) is 6.92 Å². The van der Waals surface area contributed by atoms with Crippen LogP contribution < -0.4 is 4.74 Å². The smallest absolute Gasteiger partial charge is 0.338 e. The van der Waals surface area contributed by atoms with Gasteiger partial charge in [-0.2, -0.15) is 0 Å². The standard InChI is InChI=1S/C20H31IO9S.CH2O2/c1-17-16-18(4-5-19(17)20(22)23-2)28-15-14-27-13-12-26-11-10-25-9-8-24-6-3-7-29-31-30-21;2-1-3/h4-5,16H,3,6-15H2,1-2H3;1H,(H,2,3). The Bertz CT molecular complexity index is 637. The Balaban J connectivity index is 0.00000343. The molecule has 0 aromatic heterocycles. The molecule has 0 saturated carbocycles. The van der Waals surface area contributed by atoms with Crippen molar-refractivity contribution >= 4 is 47.8 Å². The second-order valence-corrected chi connectivity index (χ2v) is 7.75. The van der Waals surface area contributed by atoms with Crippen molar-refractivity contribution in [3.8, 4) is 5.75 Å². The largest absolute Gasteiger partial charge is 0.491 e. The maximum absolute atomic E-state index is 11.6. The molecule has 0 unspecified atom stereocenters. The summed E-state index contributed by atoms with van der Waals surface area (Å²) in [6.45, 7) is 6.73. The van der Waals surface area contributed by atoms with Crippen LogP contribution in [-0.2, 0) is 35.2 Å². The lowest BCUT2D eigenvalue weighted by atomic mass is 10.1. The fraction of sp³-hybridized carbons (Fsp3) is 0.619. The van der Waals surface area contributed by atoms with E-state index in [0.717, 1.165) is 24.3 Å². The highest BCUT2D eigenvalue weighted by Gasteiger charge is 2.09. The van der Waals surface area contributed by atoms with Crippen molar-refractivity contribution in [3.05, 3.63) is 29.3 Å². The Morgan fingerprint density at radius 1 is 0.941 bits per heavy atom. The Morgan fingerprint density at radius 2 is 1.47 bits per heavy atom. The second kappa shape index (κ2) is 24.9. The molecule has 0 saturated heterocycles. The minimum Gasteiger partial charge on any atom is -0.491 e. The summed E-state index contributed by atoms with van der Waals surface area (Å²) >= 11 is 2.71. The number of hydrogen-bond donors (Lipinski definition) is 1. The van der Waals surface area contributed by atoms with Gasteiger partial charge in [0.1, 0.15) is 35.4 Å². The third-order valence-electron chi connectivity index (χ3n) is 3.81. The van der Waals surface area contributed by atoms with E-state index in [1.807, 2.05) is 6.92 Å². The van der Waals surface area contributed by atoms with E-state index < -0.39 is 0 Å². The fourth-order valence-corrected chi connectivity index (χ4v) is 2.85. The van der Waals surface area contributed by atoms with Crippen LogP contribution in [0.1, 0.15) is 22.3 Å². The molecule has 1 rings (SSSR count). The molecule has 1 aromatic carbocycles. The molecule has 0 amide bonds. The van der Waals surface area contributed by atoms with Crippen LogP contribution in [-0.4, -0.2) is 90.7 Å². The molecular weight excluding hydrogens is 587 g/mol. The number of rotatable bonds is 20. The van der Waals surface area contributed by atoms with Gasteiger partial charge in [-0.3, -0.25) is 8.98 Å². The number of esters is 1. The number of methoxy groups -OCH3 is 1. The number of benzene rings is 1.